The Balaban J connectivity index is 2.77. The second-order valence-corrected chi connectivity index (χ2v) is 6.00. The first kappa shape index (κ1) is 16.3. The Morgan fingerprint density at radius 3 is 2.15 bits per heavy atom. The average molecular weight is 312 g/mol. The molecule has 1 unspecified atom stereocenters. The lowest BCUT2D eigenvalue weighted by molar-refractivity contribution is -0.198. The Morgan fingerprint density at radius 1 is 1.30 bits per heavy atom. The maximum absolute atomic E-state index is 12.4. The minimum absolute atomic E-state index is 0.0181. The quantitative estimate of drug-likeness (QED) is 0.895. The normalized spacial score (nSPS) is 13.8. The Hall–Kier alpha value is -1.77. The second kappa shape index (κ2) is 5.70. The molecule has 112 valence electrons. The van der Waals surface area contributed by atoms with Crippen molar-refractivity contribution in [3.05, 3.63) is 24.3 Å². The molecule has 0 radical (unpaired) electrons. The standard InChI is InChI=1S/C11H11F3O5S/c1-20(17,18)8-4-2-7(3-5-8)19-6-9(10(15)16)11(12,13)14/h2-5,9H,6H2,1H3,(H,15,16). The molecule has 1 N–H and O–H groups in total. The summed E-state index contributed by atoms with van der Waals surface area (Å²) in [5.74, 6) is -4.73. The lowest BCUT2D eigenvalue weighted by Gasteiger charge is -2.16. The van der Waals surface area contributed by atoms with Crippen molar-refractivity contribution in [3.63, 3.8) is 0 Å². The molecule has 0 aliphatic rings. The van der Waals surface area contributed by atoms with E-state index in [-0.39, 0.29) is 10.6 Å². The highest BCUT2D eigenvalue weighted by atomic mass is 32.2. The van der Waals surface area contributed by atoms with Crippen LogP contribution in [0, 0.1) is 5.92 Å². The smallest absolute Gasteiger partial charge is 0.405 e. The molecule has 0 aliphatic heterocycles. The van der Waals surface area contributed by atoms with E-state index in [0.717, 1.165) is 30.5 Å². The Morgan fingerprint density at radius 2 is 1.80 bits per heavy atom. The minimum Gasteiger partial charge on any atom is -0.492 e. The molecule has 1 atom stereocenters. The van der Waals surface area contributed by atoms with Gasteiger partial charge in [-0.3, -0.25) is 4.79 Å². The highest BCUT2D eigenvalue weighted by molar-refractivity contribution is 7.90. The van der Waals surface area contributed by atoms with Crippen molar-refractivity contribution in [2.24, 2.45) is 5.92 Å². The summed E-state index contributed by atoms with van der Waals surface area (Å²) < 4.78 is 64.1. The largest absolute Gasteiger partial charge is 0.492 e. The van der Waals surface area contributed by atoms with Gasteiger partial charge in [-0.1, -0.05) is 0 Å². The highest BCUT2D eigenvalue weighted by Gasteiger charge is 2.45. The summed E-state index contributed by atoms with van der Waals surface area (Å²) in [6.45, 7) is -1.09. The molecule has 1 aromatic rings. The van der Waals surface area contributed by atoms with Crippen LogP contribution < -0.4 is 4.74 Å². The summed E-state index contributed by atoms with van der Waals surface area (Å²) in [6, 6.07) is 4.64. The number of alkyl halides is 3. The van der Waals surface area contributed by atoms with Gasteiger partial charge in [-0.15, -0.1) is 0 Å². The zero-order valence-electron chi connectivity index (χ0n) is 10.2. The van der Waals surface area contributed by atoms with Gasteiger partial charge < -0.3 is 9.84 Å². The van der Waals surface area contributed by atoms with Crippen LogP contribution in [0.4, 0.5) is 13.2 Å². The van der Waals surface area contributed by atoms with E-state index in [9.17, 15) is 26.4 Å². The van der Waals surface area contributed by atoms with Gasteiger partial charge in [0.05, 0.1) is 4.90 Å². The molecule has 0 saturated heterocycles. The van der Waals surface area contributed by atoms with E-state index < -0.39 is 34.5 Å². The van der Waals surface area contributed by atoms with E-state index in [1.54, 1.807) is 0 Å². The Labute approximate surface area is 112 Å². The number of ether oxygens (including phenoxy) is 1. The van der Waals surface area contributed by atoms with Gasteiger partial charge in [0.1, 0.15) is 12.4 Å². The lowest BCUT2D eigenvalue weighted by Crippen LogP contribution is -2.35. The third-order valence-electron chi connectivity index (χ3n) is 2.36. The fourth-order valence-electron chi connectivity index (χ4n) is 1.27. The van der Waals surface area contributed by atoms with Gasteiger partial charge in [-0.05, 0) is 24.3 Å². The second-order valence-electron chi connectivity index (χ2n) is 3.99. The molecule has 0 fully saturated rings. The molecule has 5 nitrogen and oxygen atoms in total. The van der Waals surface area contributed by atoms with E-state index in [2.05, 4.69) is 0 Å². The van der Waals surface area contributed by atoms with Crippen molar-refractivity contribution < 1.29 is 36.2 Å². The fourth-order valence-corrected chi connectivity index (χ4v) is 1.90. The molecule has 0 bridgehead atoms. The van der Waals surface area contributed by atoms with Crippen LogP contribution in [0.25, 0.3) is 0 Å². The highest BCUT2D eigenvalue weighted by Crippen LogP contribution is 2.27. The molecule has 1 aromatic carbocycles. The van der Waals surface area contributed by atoms with Crippen LogP contribution in [-0.4, -0.2) is 38.5 Å². The molecular weight excluding hydrogens is 301 g/mol. The number of sulfone groups is 1. The predicted molar refractivity (Wildman–Crippen MR) is 62.2 cm³/mol. The summed E-state index contributed by atoms with van der Waals surface area (Å²) in [5.41, 5.74) is 0. The van der Waals surface area contributed by atoms with Crippen molar-refractivity contribution in [1.82, 2.24) is 0 Å². The molecule has 0 heterocycles. The van der Waals surface area contributed by atoms with Gasteiger partial charge in [-0.2, -0.15) is 13.2 Å². The van der Waals surface area contributed by atoms with Crippen LogP contribution in [0.2, 0.25) is 0 Å². The number of aliphatic carboxylic acids is 1. The van der Waals surface area contributed by atoms with Crippen molar-refractivity contribution in [2.75, 3.05) is 12.9 Å². The molecule has 0 aromatic heterocycles. The van der Waals surface area contributed by atoms with E-state index in [0.29, 0.717) is 0 Å². The molecule has 20 heavy (non-hydrogen) atoms. The van der Waals surface area contributed by atoms with E-state index in [1.165, 1.54) is 0 Å². The van der Waals surface area contributed by atoms with Crippen molar-refractivity contribution in [2.45, 2.75) is 11.1 Å². The van der Waals surface area contributed by atoms with Crippen LogP contribution in [0.15, 0.2) is 29.2 Å². The third kappa shape index (κ3) is 4.41. The van der Waals surface area contributed by atoms with Crippen LogP contribution >= 0.6 is 0 Å². The van der Waals surface area contributed by atoms with Gasteiger partial charge in [0.2, 0.25) is 0 Å². The summed E-state index contributed by atoms with van der Waals surface area (Å²) in [7, 11) is -3.42. The number of rotatable bonds is 5. The zero-order chi connectivity index (χ0) is 15.6. The molecule has 0 spiro atoms. The number of carboxylic acids is 1. The van der Waals surface area contributed by atoms with Crippen LogP contribution in [0.5, 0.6) is 5.75 Å². The molecule has 9 heteroatoms. The van der Waals surface area contributed by atoms with Crippen LogP contribution in [0.3, 0.4) is 0 Å². The van der Waals surface area contributed by atoms with Crippen molar-refractivity contribution in [3.8, 4) is 5.75 Å². The summed E-state index contributed by atoms with van der Waals surface area (Å²) in [6.07, 6.45) is -3.94. The van der Waals surface area contributed by atoms with E-state index >= 15 is 0 Å². The topological polar surface area (TPSA) is 80.7 Å². The monoisotopic (exact) mass is 312 g/mol. The summed E-state index contributed by atoms with van der Waals surface area (Å²) >= 11 is 0. The lowest BCUT2D eigenvalue weighted by atomic mass is 10.1. The number of benzene rings is 1. The number of hydrogen-bond donors (Lipinski definition) is 1. The fraction of sp³-hybridized carbons (Fsp3) is 0.364. The van der Waals surface area contributed by atoms with Crippen LogP contribution in [-0.2, 0) is 14.6 Å². The molecule has 1 rings (SSSR count). The van der Waals surface area contributed by atoms with E-state index in [4.69, 9.17) is 9.84 Å². The number of halogens is 3. The number of carbonyl (C=O) groups is 1. The first-order valence-electron chi connectivity index (χ1n) is 5.24. The maximum atomic E-state index is 12.4. The zero-order valence-corrected chi connectivity index (χ0v) is 11.0. The average Bonchev–Trinajstić information content (AvgIpc) is 2.26. The van der Waals surface area contributed by atoms with Gasteiger partial charge >= 0.3 is 12.1 Å². The predicted octanol–water partition coefficient (Wildman–Crippen LogP) is 1.73. The number of carboxylic acid groups (broad SMARTS) is 1. The third-order valence-corrected chi connectivity index (χ3v) is 3.49. The Kier molecular flexibility index (Phi) is 4.64. The van der Waals surface area contributed by atoms with Gasteiger partial charge in [0, 0.05) is 6.26 Å². The van der Waals surface area contributed by atoms with E-state index in [1.807, 2.05) is 0 Å². The van der Waals surface area contributed by atoms with Crippen LogP contribution in [0.1, 0.15) is 0 Å². The molecule has 0 saturated carbocycles. The number of hydrogen-bond acceptors (Lipinski definition) is 4. The Bertz CT molecular complexity index is 577. The summed E-state index contributed by atoms with van der Waals surface area (Å²) in [4.78, 5) is 10.5. The molecular formula is C11H11F3O5S. The van der Waals surface area contributed by atoms with Gasteiger partial charge in [-0.25, -0.2) is 8.42 Å². The van der Waals surface area contributed by atoms with Gasteiger partial charge in [0.15, 0.2) is 15.8 Å². The first-order chi connectivity index (χ1) is 9.01. The van der Waals surface area contributed by atoms with Crippen molar-refractivity contribution >= 4 is 15.8 Å². The SMILES string of the molecule is CS(=O)(=O)c1ccc(OCC(C(=O)O)C(F)(F)F)cc1. The van der Waals surface area contributed by atoms with Crippen molar-refractivity contribution in [1.29, 1.82) is 0 Å². The first-order valence-corrected chi connectivity index (χ1v) is 7.13. The molecule has 0 aliphatic carbocycles. The summed E-state index contributed by atoms with van der Waals surface area (Å²) in [5, 5.41) is 8.46. The molecule has 0 amide bonds. The minimum atomic E-state index is -4.92. The maximum Gasteiger partial charge on any atom is 0.405 e. The van der Waals surface area contributed by atoms with Gasteiger partial charge in [0.25, 0.3) is 0 Å².